The van der Waals surface area contributed by atoms with Crippen molar-refractivity contribution < 1.29 is 8.60 Å². The van der Waals surface area contributed by atoms with Gasteiger partial charge in [0.15, 0.2) is 0 Å². The van der Waals surface area contributed by atoms with Crippen molar-refractivity contribution in [2.24, 2.45) is 0 Å². The van der Waals surface area contributed by atoms with Gasteiger partial charge in [-0.05, 0) is 30.7 Å². The zero-order valence-electron chi connectivity index (χ0n) is 9.30. The van der Waals surface area contributed by atoms with Crippen LogP contribution in [0.4, 0.5) is 4.39 Å². The van der Waals surface area contributed by atoms with E-state index in [-0.39, 0.29) is 11.1 Å². The van der Waals surface area contributed by atoms with Gasteiger partial charge in [-0.15, -0.1) is 0 Å². The molecule has 5 heteroatoms. The van der Waals surface area contributed by atoms with Gasteiger partial charge in [0, 0.05) is 39.9 Å². The van der Waals surface area contributed by atoms with E-state index in [1.165, 1.54) is 12.1 Å². The van der Waals surface area contributed by atoms with Gasteiger partial charge in [-0.2, -0.15) is 0 Å². The number of halogens is 2. The zero-order chi connectivity index (χ0) is 12.1. The van der Waals surface area contributed by atoms with Crippen LogP contribution in [0.15, 0.2) is 22.7 Å². The van der Waals surface area contributed by atoms with Crippen molar-refractivity contribution in [2.45, 2.75) is 18.7 Å². The Morgan fingerprint density at radius 2 is 2.25 bits per heavy atom. The Balaban J connectivity index is 2.48. The lowest BCUT2D eigenvalue weighted by Crippen LogP contribution is -2.27. The van der Waals surface area contributed by atoms with Crippen molar-refractivity contribution in [3.05, 3.63) is 34.1 Å². The summed E-state index contributed by atoms with van der Waals surface area (Å²) >= 11 is 3.36. The summed E-state index contributed by atoms with van der Waals surface area (Å²) in [6.45, 7) is 3.15. The third-order valence-electron chi connectivity index (χ3n) is 2.32. The molecule has 0 aliphatic heterocycles. The minimum atomic E-state index is -0.826. The number of nitrogens with one attached hydrogen (secondary N) is 1. The Morgan fingerprint density at radius 3 is 2.88 bits per heavy atom. The Bertz CT molecular complexity index is 386. The summed E-state index contributed by atoms with van der Waals surface area (Å²) in [7, 11) is -0.826. The van der Waals surface area contributed by atoms with E-state index in [4.69, 9.17) is 0 Å². The molecule has 0 saturated carbocycles. The molecule has 1 aromatic carbocycles. The standard InChI is InChI=1S/C11H15BrFNOS/c1-8(16(2)15)6-14-7-9-5-10(13)3-4-11(9)12/h3-5,8,14H,6-7H2,1-2H3/t8-,16+/m1/s1. The number of hydrogen-bond acceptors (Lipinski definition) is 2. The highest BCUT2D eigenvalue weighted by Crippen LogP contribution is 2.17. The molecule has 16 heavy (non-hydrogen) atoms. The number of rotatable bonds is 5. The van der Waals surface area contributed by atoms with Crippen LogP contribution >= 0.6 is 15.9 Å². The van der Waals surface area contributed by atoms with E-state index in [1.807, 2.05) is 6.92 Å². The van der Waals surface area contributed by atoms with Gasteiger partial charge in [0.25, 0.3) is 0 Å². The maximum atomic E-state index is 13.0. The third kappa shape index (κ3) is 4.31. The minimum Gasteiger partial charge on any atom is -0.311 e. The van der Waals surface area contributed by atoms with Crippen molar-refractivity contribution in [1.82, 2.24) is 5.32 Å². The van der Waals surface area contributed by atoms with Gasteiger partial charge >= 0.3 is 0 Å². The smallest absolute Gasteiger partial charge is 0.123 e. The first-order valence-electron chi connectivity index (χ1n) is 4.97. The van der Waals surface area contributed by atoms with Crippen LogP contribution in [0.1, 0.15) is 12.5 Å². The van der Waals surface area contributed by atoms with Crippen LogP contribution in [0.2, 0.25) is 0 Å². The zero-order valence-corrected chi connectivity index (χ0v) is 11.7. The Hall–Kier alpha value is -0.260. The molecule has 0 saturated heterocycles. The molecule has 0 fully saturated rings. The SMILES string of the molecule is C[C@H](CNCc1cc(F)ccc1Br)[S@](C)=O. The lowest BCUT2D eigenvalue weighted by Gasteiger charge is -2.10. The van der Waals surface area contributed by atoms with Gasteiger partial charge in [-0.25, -0.2) is 4.39 Å². The Morgan fingerprint density at radius 1 is 1.56 bits per heavy atom. The average Bonchev–Trinajstić information content (AvgIpc) is 2.22. The Kier molecular flexibility index (Phi) is 5.58. The monoisotopic (exact) mass is 307 g/mol. The topological polar surface area (TPSA) is 29.1 Å². The van der Waals surface area contributed by atoms with E-state index >= 15 is 0 Å². The normalized spacial score (nSPS) is 14.8. The minimum absolute atomic E-state index is 0.104. The van der Waals surface area contributed by atoms with E-state index in [9.17, 15) is 8.60 Å². The van der Waals surface area contributed by atoms with Crippen molar-refractivity contribution >= 4 is 26.7 Å². The van der Waals surface area contributed by atoms with Gasteiger partial charge in [-0.3, -0.25) is 4.21 Å². The Labute approximate surface area is 106 Å². The lowest BCUT2D eigenvalue weighted by atomic mass is 10.2. The molecular weight excluding hydrogens is 293 g/mol. The first-order chi connectivity index (χ1) is 7.50. The summed E-state index contributed by atoms with van der Waals surface area (Å²) in [5.74, 6) is -0.243. The maximum absolute atomic E-state index is 13.0. The molecule has 0 spiro atoms. The predicted molar refractivity (Wildman–Crippen MR) is 69.3 cm³/mol. The molecule has 0 amide bonds. The first-order valence-corrected chi connectivity index (χ1v) is 7.39. The molecule has 1 rings (SSSR count). The van der Waals surface area contributed by atoms with Crippen LogP contribution in [0.5, 0.6) is 0 Å². The fraction of sp³-hybridized carbons (Fsp3) is 0.455. The summed E-state index contributed by atoms with van der Waals surface area (Å²) in [5, 5.41) is 3.27. The van der Waals surface area contributed by atoms with Gasteiger partial charge in [0.05, 0.1) is 0 Å². The molecule has 0 aromatic heterocycles. The van der Waals surface area contributed by atoms with Crippen LogP contribution in [0, 0.1) is 5.82 Å². The molecule has 1 aromatic rings. The van der Waals surface area contributed by atoms with E-state index in [2.05, 4.69) is 21.2 Å². The van der Waals surface area contributed by atoms with Crippen LogP contribution in [-0.2, 0) is 17.3 Å². The number of hydrogen-bond donors (Lipinski definition) is 1. The molecule has 0 heterocycles. The molecule has 2 nitrogen and oxygen atoms in total. The van der Waals surface area contributed by atoms with Crippen LogP contribution in [0.3, 0.4) is 0 Å². The van der Waals surface area contributed by atoms with E-state index < -0.39 is 10.8 Å². The molecule has 0 aliphatic rings. The maximum Gasteiger partial charge on any atom is 0.123 e. The summed E-state index contributed by atoms with van der Waals surface area (Å²) < 4.78 is 25.0. The largest absolute Gasteiger partial charge is 0.311 e. The highest BCUT2D eigenvalue weighted by Gasteiger charge is 2.06. The summed E-state index contributed by atoms with van der Waals surface area (Å²) in [6, 6.07) is 4.59. The summed E-state index contributed by atoms with van der Waals surface area (Å²) in [5.41, 5.74) is 0.870. The van der Waals surface area contributed by atoms with E-state index in [0.717, 1.165) is 10.0 Å². The molecule has 0 bridgehead atoms. The molecule has 90 valence electrons. The molecule has 0 radical (unpaired) electrons. The van der Waals surface area contributed by atoms with Crippen molar-refractivity contribution in [2.75, 3.05) is 12.8 Å². The van der Waals surface area contributed by atoms with Crippen LogP contribution in [0.25, 0.3) is 0 Å². The van der Waals surface area contributed by atoms with Gasteiger partial charge < -0.3 is 5.32 Å². The van der Waals surface area contributed by atoms with Crippen molar-refractivity contribution in [1.29, 1.82) is 0 Å². The second-order valence-corrected chi connectivity index (χ2v) is 6.33. The lowest BCUT2D eigenvalue weighted by molar-refractivity contribution is 0.616. The van der Waals surface area contributed by atoms with Crippen LogP contribution in [-0.4, -0.2) is 22.3 Å². The first kappa shape index (κ1) is 13.8. The van der Waals surface area contributed by atoms with Crippen molar-refractivity contribution in [3.8, 4) is 0 Å². The van der Waals surface area contributed by atoms with Gasteiger partial charge in [0.1, 0.15) is 5.82 Å². The molecule has 0 aliphatic carbocycles. The number of benzene rings is 1. The predicted octanol–water partition coefficient (Wildman–Crippen LogP) is 2.44. The molecule has 1 N–H and O–H groups in total. The summed E-state index contributed by atoms with van der Waals surface area (Å²) in [4.78, 5) is 0. The molecule has 2 atom stereocenters. The fourth-order valence-corrected chi connectivity index (χ4v) is 1.95. The van der Waals surface area contributed by atoms with Crippen molar-refractivity contribution in [3.63, 3.8) is 0 Å². The van der Waals surface area contributed by atoms with E-state index in [0.29, 0.717) is 13.1 Å². The molecule has 0 unspecified atom stereocenters. The summed E-state index contributed by atoms with van der Waals surface area (Å²) in [6.07, 6.45) is 1.68. The highest BCUT2D eigenvalue weighted by atomic mass is 79.9. The fourth-order valence-electron chi connectivity index (χ4n) is 1.21. The quantitative estimate of drug-likeness (QED) is 0.905. The second-order valence-electron chi connectivity index (χ2n) is 3.68. The van der Waals surface area contributed by atoms with Gasteiger partial charge in [-0.1, -0.05) is 15.9 Å². The highest BCUT2D eigenvalue weighted by molar-refractivity contribution is 9.10. The second kappa shape index (κ2) is 6.47. The third-order valence-corrected chi connectivity index (χ3v) is 4.40. The van der Waals surface area contributed by atoms with Crippen LogP contribution < -0.4 is 5.32 Å². The molecular formula is C11H15BrFNOS. The average molecular weight is 308 g/mol. The van der Waals surface area contributed by atoms with E-state index in [1.54, 1.807) is 12.3 Å². The van der Waals surface area contributed by atoms with Gasteiger partial charge in [0.2, 0.25) is 0 Å².